The molecule has 0 atom stereocenters. The molecular weight excluding hydrogens is 226 g/mol. The van der Waals surface area contributed by atoms with Gasteiger partial charge < -0.3 is 10.1 Å². The van der Waals surface area contributed by atoms with Gasteiger partial charge in [0.05, 0.1) is 6.54 Å². The number of hydrogen-bond donors (Lipinski definition) is 1. The molecule has 3 nitrogen and oxygen atoms in total. The molecule has 0 aliphatic heterocycles. The molecule has 0 heterocycles. The molecule has 0 radical (unpaired) electrons. The van der Waals surface area contributed by atoms with Crippen molar-refractivity contribution in [3.63, 3.8) is 0 Å². The van der Waals surface area contributed by atoms with E-state index in [1.54, 1.807) is 0 Å². The van der Waals surface area contributed by atoms with Crippen LogP contribution in [0.5, 0.6) is 0 Å². The predicted molar refractivity (Wildman–Crippen MR) is 72.3 cm³/mol. The number of benzene rings is 1. The van der Waals surface area contributed by atoms with Gasteiger partial charge in [-0.15, -0.1) is 0 Å². The first-order valence-corrected chi connectivity index (χ1v) is 5.90. The normalized spacial score (nSPS) is 10.2. The molecule has 1 N–H and O–H groups in total. The lowest BCUT2D eigenvalue weighted by atomic mass is 10.1. The first-order valence-electron chi connectivity index (χ1n) is 5.90. The van der Waals surface area contributed by atoms with Crippen LogP contribution < -0.4 is 5.32 Å². The monoisotopic (exact) mass is 245 g/mol. The molecule has 0 saturated heterocycles. The Bertz CT molecular complexity index is 475. The number of aryl methyl sites for hydroxylation is 1. The fourth-order valence-electron chi connectivity index (χ4n) is 1.28. The van der Waals surface area contributed by atoms with E-state index in [1.807, 2.05) is 52.0 Å². The fourth-order valence-corrected chi connectivity index (χ4v) is 1.28. The Morgan fingerprint density at radius 2 is 2.00 bits per heavy atom. The molecule has 0 bridgehead atoms. The largest absolute Gasteiger partial charge is 0.444 e. The summed E-state index contributed by atoms with van der Waals surface area (Å²) in [7, 11) is 0. The van der Waals surface area contributed by atoms with Crippen LogP contribution in [0.2, 0.25) is 0 Å². The first-order chi connectivity index (χ1) is 8.38. The fraction of sp³-hybridized carbons (Fsp3) is 0.400. The van der Waals surface area contributed by atoms with Crippen LogP contribution in [0.1, 0.15) is 31.9 Å². The van der Waals surface area contributed by atoms with E-state index in [9.17, 15) is 4.79 Å². The highest BCUT2D eigenvalue weighted by Crippen LogP contribution is 2.06. The van der Waals surface area contributed by atoms with E-state index < -0.39 is 11.7 Å². The lowest BCUT2D eigenvalue weighted by Gasteiger charge is -2.19. The van der Waals surface area contributed by atoms with Crippen molar-refractivity contribution < 1.29 is 9.53 Å². The van der Waals surface area contributed by atoms with Gasteiger partial charge >= 0.3 is 6.09 Å². The number of carbonyl (C=O) groups excluding carboxylic acids is 1. The molecule has 1 amide bonds. The van der Waals surface area contributed by atoms with Crippen molar-refractivity contribution >= 4 is 6.09 Å². The molecule has 18 heavy (non-hydrogen) atoms. The molecule has 0 aliphatic rings. The van der Waals surface area contributed by atoms with Crippen molar-refractivity contribution in [2.24, 2.45) is 0 Å². The maximum atomic E-state index is 11.3. The number of amides is 1. The maximum absolute atomic E-state index is 11.3. The molecule has 1 aromatic rings. The molecule has 0 aromatic heterocycles. The van der Waals surface area contributed by atoms with Crippen molar-refractivity contribution in [2.45, 2.75) is 33.3 Å². The van der Waals surface area contributed by atoms with Crippen LogP contribution in [0.15, 0.2) is 24.3 Å². The van der Waals surface area contributed by atoms with Crippen LogP contribution in [-0.2, 0) is 4.74 Å². The number of ether oxygens (including phenoxy) is 1. The Balaban J connectivity index is 2.44. The predicted octanol–water partition coefficient (Wildman–Crippen LogP) is 2.87. The van der Waals surface area contributed by atoms with Crippen LogP contribution >= 0.6 is 0 Å². The minimum absolute atomic E-state index is 0.281. The third kappa shape index (κ3) is 5.40. The summed E-state index contributed by atoms with van der Waals surface area (Å²) in [6.07, 6.45) is -0.443. The van der Waals surface area contributed by atoms with Crippen LogP contribution in [0.4, 0.5) is 4.79 Å². The highest BCUT2D eigenvalue weighted by Gasteiger charge is 2.14. The van der Waals surface area contributed by atoms with Gasteiger partial charge in [-0.05, 0) is 39.3 Å². The van der Waals surface area contributed by atoms with E-state index >= 15 is 0 Å². The molecule has 1 rings (SSSR count). The number of hydrogen-bond acceptors (Lipinski definition) is 2. The molecule has 1 aromatic carbocycles. The summed E-state index contributed by atoms with van der Waals surface area (Å²) >= 11 is 0. The number of alkyl carbamates (subject to hydrolysis) is 1. The third-order valence-corrected chi connectivity index (χ3v) is 2.09. The summed E-state index contributed by atoms with van der Waals surface area (Å²) in [5.74, 6) is 5.91. The Kier molecular flexibility index (Phi) is 4.79. The average molecular weight is 245 g/mol. The molecule has 0 unspecified atom stereocenters. The zero-order valence-corrected chi connectivity index (χ0v) is 11.3. The number of carbonyl (C=O) groups is 1. The topological polar surface area (TPSA) is 38.3 Å². The molecule has 0 saturated carbocycles. The lowest BCUT2D eigenvalue weighted by molar-refractivity contribution is 0.0535. The van der Waals surface area contributed by atoms with Gasteiger partial charge in [0.2, 0.25) is 0 Å². The second kappa shape index (κ2) is 6.11. The summed E-state index contributed by atoms with van der Waals surface area (Å²) < 4.78 is 5.10. The zero-order chi connectivity index (χ0) is 13.6. The summed E-state index contributed by atoms with van der Waals surface area (Å²) in [5.41, 5.74) is 1.62. The second-order valence-electron chi connectivity index (χ2n) is 4.97. The molecule has 0 aliphatic carbocycles. The maximum Gasteiger partial charge on any atom is 0.408 e. The number of rotatable bonds is 1. The smallest absolute Gasteiger partial charge is 0.408 e. The molecule has 96 valence electrons. The van der Waals surface area contributed by atoms with E-state index in [1.165, 1.54) is 0 Å². The van der Waals surface area contributed by atoms with Crippen molar-refractivity contribution in [3.8, 4) is 11.8 Å². The second-order valence-corrected chi connectivity index (χ2v) is 4.97. The van der Waals surface area contributed by atoms with Crippen LogP contribution in [0.3, 0.4) is 0 Å². The molecular formula is C15H19NO2. The summed E-state index contributed by atoms with van der Waals surface area (Å²) in [4.78, 5) is 11.3. The SMILES string of the molecule is Cc1ccccc1C#CCNC(=O)OC(C)(C)C. The Morgan fingerprint density at radius 1 is 1.33 bits per heavy atom. The van der Waals surface area contributed by atoms with Crippen molar-refractivity contribution in [2.75, 3.05) is 6.54 Å². The molecule has 0 spiro atoms. The van der Waals surface area contributed by atoms with Gasteiger partial charge in [0.25, 0.3) is 0 Å². The Morgan fingerprint density at radius 3 is 2.61 bits per heavy atom. The van der Waals surface area contributed by atoms with E-state index in [4.69, 9.17) is 4.74 Å². The summed E-state index contributed by atoms with van der Waals surface area (Å²) in [5, 5.41) is 2.59. The van der Waals surface area contributed by atoms with Gasteiger partial charge in [-0.1, -0.05) is 30.0 Å². The minimum Gasteiger partial charge on any atom is -0.444 e. The lowest BCUT2D eigenvalue weighted by Crippen LogP contribution is -2.32. The van der Waals surface area contributed by atoms with Gasteiger partial charge in [0.1, 0.15) is 5.60 Å². The standard InChI is InChI=1S/C15H19NO2/c1-12-8-5-6-9-13(12)10-7-11-16-14(17)18-15(2,3)4/h5-6,8-9H,11H2,1-4H3,(H,16,17). The highest BCUT2D eigenvalue weighted by atomic mass is 16.6. The van der Waals surface area contributed by atoms with E-state index in [0.29, 0.717) is 0 Å². The van der Waals surface area contributed by atoms with Crippen LogP contribution in [0, 0.1) is 18.8 Å². The van der Waals surface area contributed by atoms with Gasteiger partial charge in [-0.2, -0.15) is 0 Å². The van der Waals surface area contributed by atoms with Gasteiger partial charge in [-0.25, -0.2) is 4.79 Å². The highest BCUT2D eigenvalue weighted by molar-refractivity contribution is 5.68. The van der Waals surface area contributed by atoms with Crippen molar-refractivity contribution in [1.82, 2.24) is 5.32 Å². The zero-order valence-electron chi connectivity index (χ0n) is 11.3. The first kappa shape index (κ1) is 14.1. The van der Waals surface area contributed by atoms with Crippen LogP contribution in [0.25, 0.3) is 0 Å². The average Bonchev–Trinajstić information content (AvgIpc) is 2.24. The van der Waals surface area contributed by atoms with Gasteiger partial charge in [-0.3, -0.25) is 0 Å². The summed E-state index contributed by atoms with van der Waals surface area (Å²) in [6, 6.07) is 7.87. The summed E-state index contributed by atoms with van der Waals surface area (Å²) in [6.45, 7) is 7.76. The van der Waals surface area contributed by atoms with E-state index in [2.05, 4.69) is 17.2 Å². The molecule has 0 fully saturated rings. The third-order valence-electron chi connectivity index (χ3n) is 2.09. The van der Waals surface area contributed by atoms with E-state index in [-0.39, 0.29) is 6.54 Å². The van der Waals surface area contributed by atoms with Crippen molar-refractivity contribution in [3.05, 3.63) is 35.4 Å². The van der Waals surface area contributed by atoms with Crippen molar-refractivity contribution in [1.29, 1.82) is 0 Å². The van der Waals surface area contributed by atoms with Gasteiger partial charge in [0.15, 0.2) is 0 Å². The number of nitrogens with one attached hydrogen (secondary N) is 1. The Hall–Kier alpha value is -1.95. The molecule has 3 heteroatoms. The van der Waals surface area contributed by atoms with E-state index in [0.717, 1.165) is 11.1 Å². The van der Waals surface area contributed by atoms with Gasteiger partial charge in [0, 0.05) is 5.56 Å². The quantitative estimate of drug-likeness (QED) is 0.773. The minimum atomic E-state index is -0.479. The Labute approximate surface area is 109 Å². The van der Waals surface area contributed by atoms with Crippen LogP contribution in [-0.4, -0.2) is 18.2 Å².